The van der Waals surface area contributed by atoms with Gasteiger partial charge in [-0.2, -0.15) is 8.42 Å². The minimum absolute atomic E-state index is 0.0707. The van der Waals surface area contributed by atoms with Crippen LogP contribution in [0.1, 0.15) is 0 Å². The van der Waals surface area contributed by atoms with Crippen molar-refractivity contribution in [3.63, 3.8) is 0 Å². The lowest BCUT2D eigenvalue weighted by Crippen LogP contribution is -2.30. The summed E-state index contributed by atoms with van der Waals surface area (Å²) in [7, 11) is -4.76. The molecular formula is C29H26N2O6S2. The monoisotopic (exact) mass is 562 g/mol. The molecule has 1 heterocycles. The summed E-state index contributed by atoms with van der Waals surface area (Å²) in [6, 6.07) is 29.0. The van der Waals surface area contributed by atoms with E-state index in [0.717, 1.165) is 19.4 Å². The van der Waals surface area contributed by atoms with Gasteiger partial charge in [0.15, 0.2) is 5.75 Å². The Bertz CT molecular complexity index is 1850. The summed E-state index contributed by atoms with van der Waals surface area (Å²) in [5.74, 6) is 0.146. The van der Waals surface area contributed by atoms with Crippen molar-refractivity contribution in [1.82, 2.24) is 3.97 Å². The average Bonchev–Trinajstić information content (AvgIpc) is 3.34. The second-order valence-electron chi connectivity index (χ2n) is 8.66. The lowest BCUT2D eigenvalue weighted by atomic mass is 10.1. The Morgan fingerprint density at radius 1 is 0.667 bits per heavy atom. The second-order valence-corrected chi connectivity index (χ2v) is 12.3. The molecule has 8 nitrogen and oxygen atoms in total. The van der Waals surface area contributed by atoms with Crippen LogP contribution in [0.15, 0.2) is 113 Å². The highest BCUT2D eigenvalue weighted by atomic mass is 32.2. The van der Waals surface area contributed by atoms with Gasteiger partial charge in [0.05, 0.1) is 35.7 Å². The summed E-state index contributed by atoms with van der Waals surface area (Å²) in [6.45, 7) is 0. The molecule has 0 fully saturated rings. The van der Waals surface area contributed by atoms with E-state index in [0.29, 0.717) is 5.69 Å². The molecule has 0 radical (unpaired) electrons. The van der Waals surface area contributed by atoms with Crippen molar-refractivity contribution in [1.29, 1.82) is 0 Å². The number of methoxy groups -OCH3 is 2. The van der Waals surface area contributed by atoms with Gasteiger partial charge in [-0.05, 0) is 47.5 Å². The highest BCUT2D eigenvalue weighted by molar-refractivity contribution is 7.94. The van der Waals surface area contributed by atoms with Crippen molar-refractivity contribution < 1.29 is 26.3 Å². The number of rotatable bonds is 8. The first-order chi connectivity index (χ1) is 18.7. The number of anilines is 1. The van der Waals surface area contributed by atoms with Crippen LogP contribution in [0.4, 0.5) is 5.69 Å². The molecule has 0 bridgehead atoms. The van der Waals surface area contributed by atoms with Crippen LogP contribution in [0.5, 0.6) is 11.5 Å². The van der Waals surface area contributed by atoms with Gasteiger partial charge in [0, 0.05) is 7.05 Å². The Kier molecular flexibility index (Phi) is 6.83. The number of benzene rings is 4. The summed E-state index contributed by atoms with van der Waals surface area (Å²) in [5, 5.41) is -0.295. The van der Waals surface area contributed by atoms with Crippen LogP contribution >= 0.6 is 0 Å². The molecule has 0 aliphatic heterocycles. The fourth-order valence-electron chi connectivity index (χ4n) is 4.51. The lowest BCUT2D eigenvalue weighted by molar-refractivity contribution is 0.396. The highest BCUT2D eigenvalue weighted by Crippen LogP contribution is 2.44. The van der Waals surface area contributed by atoms with Crippen LogP contribution in [0.25, 0.3) is 22.0 Å². The van der Waals surface area contributed by atoms with E-state index < -0.39 is 25.1 Å². The molecule has 0 aliphatic carbocycles. The van der Waals surface area contributed by atoms with Crippen molar-refractivity contribution in [3.05, 3.63) is 103 Å². The van der Waals surface area contributed by atoms with E-state index in [1.807, 2.05) is 42.5 Å². The van der Waals surface area contributed by atoms with Gasteiger partial charge >= 0.3 is 0 Å². The predicted octanol–water partition coefficient (Wildman–Crippen LogP) is 5.39. The molecular weight excluding hydrogens is 536 g/mol. The van der Waals surface area contributed by atoms with E-state index in [1.165, 1.54) is 39.5 Å². The number of hydrogen-bond acceptors (Lipinski definition) is 6. The van der Waals surface area contributed by atoms with Gasteiger partial charge in [-0.15, -0.1) is 0 Å². The van der Waals surface area contributed by atoms with Crippen molar-refractivity contribution in [2.45, 2.75) is 9.92 Å². The SMILES string of the molecule is COc1cccc2c1c(OC)c(S(=O)(=O)N(C)c1ccc(-c3ccccc3)cc1)n2S(=O)(=O)c1ccccc1. The first-order valence-electron chi connectivity index (χ1n) is 11.9. The van der Waals surface area contributed by atoms with Gasteiger partial charge in [-0.25, -0.2) is 12.4 Å². The quantitative estimate of drug-likeness (QED) is 0.252. The molecule has 0 aliphatic rings. The zero-order valence-corrected chi connectivity index (χ0v) is 23.1. The normalized spacial score (nSPS) is 11.9. The van der Waals surface area contributed by atoms with Crippen LogP contribution in [-0.2, 0) is 20.0 Å². The third kappa shape index (κ3) is 4.41. The molecule has 39 heavy (non-hydrogen) atoms. The number of hydrogen-bond donors (Lipinski definition) is 0. The lowest BCUT2D eigenvalue weighted by Gasteiger charge is -2.22. The second kappa shape index (κ2) is 10.1. The zero-order chi connectivity index (χ0) is 27.8. The molecule has 5 rings (SSSR count). The summed E-state index contributed by atoms with van der Waals surface area (Å²) in [5.41, 5.74) is 2.35. The predicted molar refractivity (Wildman–Crippen MR) is 152 cm³/mol. The fourth-order valence-corrected chi connectivity index (χ4v) is 7.89. The topological polar surface area (TPSA) is 94.9 Å². The zero-order valence-electron chi connectivity index (χ0n) is 21.5. The maximum absolute atomic E-state index is 14.3. The standard InChI is InChI=1S/C29H26N2O6S2/c1-30(23-19-17-22(18-20-23)21-11-6-4-7-12-21)39(34,35)29-28(37-3)27-25(15-10-16-26(27)36-2)31(29)38(32,33)24-13-8-5-9-14-24/h4-20H,1-3H3. The summed E-state index contributed by atoms with van der Waals surface area (Å²) >= 11 is 0. The molecule has 0 amide bonds. The number of fused-ring (bicyclic) bond motifs is 1. The van der Waals surface area contributed by atoms with Gasteiger partial charge in [-0.3, -0.25) is 4.31 Å². The number of sulfonamides is 1. The van der Waals surface area contributed by atoms with Crippen molar-refractivity contribution >= 4 is 36.6 Å². The maximum atomic E-state index is 14.3. The van der Waals surface area contributed by atoms with Gasteiger partial charge in [0.2, 0.25) is 5.03 Å². The molecule has 4 aromatic carbocycles. The first kappa shape index (κ1) is 26.3. The molecule has 5 aromatic rings. The molecule has 0 N–H and O–H groups in total. The minimum atomic E-state index is -4.48. The van der Waals surface area contributed by atoms with E-state index in [9.17, 15) is 16.8 Å². The van der Waals surface area contributed by atoms with Crippen molar-refractivity contribution in [2.75, 3.05) is 25.6 Å². The van der Waals surface area contributed by atoms with Crippen LogP contribution in [-0.4, -0.2) is 42.1 Å². The number of ether oxygens (including phenoxy) is 2. The molecule has 1 aromatic heterocycles. The molecule has 0 unspecified atom stereocenters. The molecule has 10 heteroatoms. The van der Waals surface area contributed by atoms with E-state index in [1.54, 1.807) is 42.5 Å². The van der Waals surface area contributed by atoms with Gasteiger partial charge in [-0.1, -0.05) is 66.7 Å². The fraction of sp³-hybridized carbons (Fsp3) is 0.103. The Balaban J connectivity index is 1.74. The van der Waals surface area contributed by atoms with Gasteiger partial charge in [0.1, 0.15) is 5.75 Å². The van der Waals surface area contributed by atoms with Crippen molar-refractivity contribution in [3.8, 4) is 22.6 Å². The molecule has 0 saturated carbocycles. The summed E-state index contributed by atoms with van der Waals surface area (Å²) in [4.78, 5) is -0.0707. The summed E-state index contributed by atoms with van der Waals surface area (Å²) in [6.07, 6.45) is 0. The van der Waals surface area contributed by atoms with Crippen LogP contribution in [0.2, 0.25) is 0 Å². The van der Waals surface area contributed by atoms with Crippen LogP contribution < -0.4 is 13.8 Å². The van der Waals surface area contributed by atoms with Crippen LogP contribution in [0.3, 0.4) is 0 Å². The molecule has 200 valence electrons. The molecule has 0 saturated heterocycles. The van der Waals surface area contributed by atoms with Crippen molar-refractivity contribution in [2.24, 2.45) is 0 Å². The smallest absolute Gasteiger partial charge is 0.284 e. The number of aromatic nitrogens is 1. The molecule has 0 spiro atoms. The summed E-state index contributed by atoms with van der Waals surface area (Å²) < 4.78 is 69.4. The van der Waals surface area contributed by atoms with E-state index in [-0.39, 0.29) is 27.3 Å². The Labute approximate surface area is 227 Å². The van der Waals surface area contributed by atoms with Gasteiger partial charge in [0.25, 0.3) is 20.0 Å². The Morgan fingerprint density at radius 3 is 1.85 bits per heavy atom. The highest BCUT2D eigenvalue weighted by Gasteiger charge is 2.38. The first-order valence-corrected chi connectivity index (χ1v) is 14.8. The Morgan fingerprint density at radius 2 is 1.26 bits per heavy atom. The average molecular weight is 563 g/mol. The Hall–Kier alpha value is -4.28. The van der Waals surface area contributed by atoms with E-state index in [4.69, 9.17) is 9.47 Å². The van der Waals surface area contributed by atoms with E-state index in [2.05, 4.69) is 0 Å². The molecule has 0 atom stereocenters. The largest absolute Gasteiger partial charge is 0.496 e. The third-order valence-corrected chi connectivity index (χ3v) is 10.1. The maximum Gasteiger partial charge on any atom is 0.284 e. The third-order valence-electron chi connectivity index (χ3n) is 6.48. The van der Waals surface area contributed by atoms with E-state index >= 15 is 0 Å². The minimum Gasteiger partial charge on any atom is -0.496 e. The van der Waals surface area contributed by atoms with Crippen LogP contribution in [0, 0.1) is 0 Å². The number of nitrogens with zero attached hydrogens (tertiary/aromatic N) is 2. The van der Waals surface area contributed by atoms with Gasteiger partial charge < -0.3 is 9.47 Å².